The van der Waals surface area contributed by atoms with E-state index in [1.165, 1.54) is 6.07 Å². The van der Waals surface area contributed by atoms with Gasteiger partial charge in [-0.05, 0) is 81.0 Å². The first kappa shape index (κ1) is 30.5. The van der Waals surface area contributed by atoms with Gasteiger partial charge in [0.05, 0.1) is 13.0 Å². The number of aryl methyl sites for hydroxylation is 1. The van der Waals surface area contributed by atoms with Gasteiger partial charge in [-0.3, -0.25) is 19.2 Å². The van der Waals surface area contributed by atoms with Crippen molar-refractivity contribution in [3.63, 3.8) is 0 Å². The topological polar surface area (TPSA) is 117 Å². The van der Waals surface area contributed by atoms with E-state index in [-0.39, 0.29) is 37.2 Å². The lowest BCUT2D eigenvalue weighted by Crippen LogP contribution is -2.55. The summed E-state index contributed by atoms with van der Waals surface area (Å²) in [7, 11) is 0. The largest absolute Gasteiger partial charge is 0.494 e. The van der Waals surface area contributed by atoms with Crippen molar-refractivity contribution in [3.8, 4) is 5.75 Å². The second kappa shape index (κ2) is 14.5. The Hall–Kier alpha value is -3.95. The van der Waals surface area contributed by atoms with Crippen LogP contribution in [0.15, 0.2) is 48.5 Å². The summed E-state index contributed by atoms with van der Waals surface area (Å²) in [6, 6.07) is 11.9. The predicted octanol–water partition coefficient (Wildman–Crippen LogP) is 3.40. The van der Waals surface area contributed by atoms with Crippen molar-refractivity contribution in [1.82, 2.24) is 20.9 Å². The van der Waals surface area contributed by atoms with Gasteiger partial charge in [0.15, 0.2) is 0 Å². The van der Waals surface area contributed by atoms with Crippen LogP contribution in [0.2, 0.25) is 0 Å². The molecule has 3 aliphatic rings. The van der Waals surface area contributed by atoms with Crippen molar-refractivity contribution in [2.45, 2.75) is 88.9 Å². The first-order chi connectivity index (χ1) is 20.9. The molecule has 0 aromatic heterocycles. The molecule has 2 aromatic rings. The van der Waals surface area contributed by atoms with Crippen molar-refractivity contribution in [2.75, 3.05) is 13.2 Å². The Morgan fingerprint density at radius 2 is 1.79 bits per heavy atom. The molecule has 2 aliphatic heterocycles. The fourth-order valence-corrected chi connectivity index (χ4v) is 6.02. The van der Waals surface area contributed by atoms with Gasteiger partial charge in [0.1, 0.15) is 23.7 Å². The van der Waals surface area contributed by atoms with Gasteiger partial charge in [0.25, 0.3) is 0 Å². The van der Waals surface area contributed by atoms with Crippen LogP contribution in [-0.2, 0) is 32.1 Å². The number of halogens is 1. The second-order valence-corrected chi connectivity index (χ2v) is 11.8. The van der Waals surface area contributed by atoms with Crippen molar-refractivity contribution < 1.29 is 28.3 Å². The molecular formula is C33H41FN4O5. The molecule has 5 rings (SSSR count). The number of nitrogens with zero attached hydrogens (tertiary/aromatic N) is 1. The third-order valence-corrected chi connectivity index (χ3v) is 8.56. The van der Waals surface area contributed by atoms with Crippen LogP contribution in [0.3, 0.4) is 0 Å². The highest BCUT2D eigenvalue weighted by Crippen LogP contribution is 2.40. The van der Waals surface area contributed by atoms with Gasteiger partial charge in [0, 0.05) is 31.1 Å². The number of ether oxygens (including phenoxy) is 1. The zero-order chi connectivity index (χ0) is 30.2. The van der Waals surface area contributed by atoms with Gasteiger partial charge in [0.2, 0.25) is 23.6 Å². The third kappa shape index (κ3) is 8.55. The molecule has 2 fully saturated rings. The lowest BCUT2D eigenvalue weighted by atomic mass is 10.0. The van der Waals surface area contributed by atoms with Gasteiger partial charge in [-0.1, -0.05) is 30.3 Å². The van der Waals surface area contributed by atoms with Crippen LogP contribution in [0.1, 0.15) is 68.9 Å². The van der Waals surface area contributed by atoms with E-state index in [1.807, 2.05) is 29.2 Å². The number of benzene rings is 2. The molecule has 1 saturated carbocycles. The van der Waals surface area contributed by atoms with Crippen molar-refractivity contribution in [3.05, 3.63) is 65.5 Å². The summed E-state index contributed by atoms with van der Waals surface area (Å²) in [6.45, 7) is 1.05. The van der Waals surface area contributed by atoms with E-state index < -0.39 is 29.7 Å². The summed E-state index contributed by atoms with van der Waals surface area (Å²) in [4.78, 5) is 55.3. The maximum atomic E-state index is 14.2. The number of nitrogens with one attached hydrogen (secondary N) is 3. The fraction of sp³-hybridized carbons (Fsp3) is 0.515. The molecule has 3 N–H and O–H groups in total. The molecule has 1 aliphatic carbocycles. The number of carbonyl (C=O) groups excluding carboxylic acids is 4. The van der Waals surface area contributed by atoms with E-state index in [0.29, 0.717) is 56.1 Å². The number of hydrogen-bond donors (Lipinski definition) is 3. The zero-order valence-electron chi connectivity index (χ0n) is 24.5. The van der Waals surface area contributed by atoms with Crippen LogP contribution in [0.25, 0.3) is 0 Å². The summed E-state index contributed by atoms with van der Waals surface area (Å²) in [5.74, 6) is -0.761. The Balaban J connectivity index is 1.32. The monoisotopic (exact) mass is 592 g/mol. The van der Waals surface area contributed by atoms with Gasteiger partial charge in [-0.25, -0.2) is 4.39 Å². The standard InChI is InChI=1S/C33H41FN4O5/c34-26-10-2-1-8-24(26)21-35-32(41)27-11-3-4-18-43-25-9-5-7-22(19-25)13-16-30(39)36-28(33(42)37-27)20-31(40)38-17-6-12-29(38)23-14-15-23/h1-2,5,7-10,19,23,27-29H,3-4,6,11-18,20-21H2,(H,35,41)(H,36,39)(H,37,42)/t27-,28-,29+/m0/s1. The van der Waals surface area contributed by atoms with E-state index in [0.717, 1.165) is 31.2 Å². The zero-order valence-corrected chi connectivity index (χ0v) is 24.5. The van der Waals surface area contributed by atoms with Crippen LogP contribution in [-0.4, -0.2) is 59.8 Å². The van der Waals surface area contributed by atoms with Crippen LogP contribution < -0.4 is 20.7 Å². The highest BCUT2D eigenvalue weighted by atomic mass is 19.1. The number of carbonyl (C=O) groups is 4. The van der Waals surface area contributed by atoms with Crippen molar-refractivity contribution in [1.29, 1.82) is 0 Å². The average molecular weight is 593 g/mol. The molecule has 0 radical (unpaired) electrons. The summed E-state index contributed by atoms with van der Waals surface area (Å²) in [5.41, 5.74) is 1.27. The second-order valence-electron chi connectivity index (χ2n) is 11.8. The molecule has 2 bridgehead atoms. The maximum Gasteiger partial charge on any atom is 0.243 e. The van der Waals surface area contributed by atoms with Crippen molar-refractivity contribution in [2.24, 2.45) is 5.92 Å². The number of amides is 4. The lowest BCUT2D eigenvalue weighted by Gasteiger charge is -2.28. The van der Waals surface area contributed by atoms with Crippen LogP contribution in [0.5, 0.6) is 5.75 Å². The summed E-state index contributed by atoms with van der Waals surface area (Å²) < 4.78 is 20.0. The smallest absolute Gasteiger partial charge is 0.243 e. The maximum absolute atomic E-state index is 14.2. The van der Waals surface area contributed by atoms with E-state index in [4.69, 9.17) is 4.74 Å². The Kier molecular flexibility index (Phi) is 10.3. The number of fused-ring (bicyclic) bond motifs is 2. The molecule has 0 spiro atoms. The van der Waals surface area contributed by atoms with E-state index in [1.54, 1.807) is 18.2 Å². The number of hydrogen-bond acceptors (Lipinski definition) is 5. The highest BCUT2D eigenvalue weighted by molar-refractivity contribution is 5.95. The quantitative estimate of drug-likeness (QED) is 0.476. The van der Waals surface area contributed by atoms with E-state index in [9.17, 15) is 23.6 Å². The molecule has 3 atom stereocenters. The summed E-state index contributed by atoms with van der Waals surface area (Å²) >= 11 is 0. The predicted molar refractivity (Wildman–Crippen MR) is 158 cm³/mol. The Morgan fingerprint density at radius 1 is 0.953 bits per heavy atom. The van der Waals surface area contributed by atoms with Gasteiger partial charge in [-0.2, -0.15) is 0 Å². The van der Waals surface area contributed by atoms with Crippen LogP contribution in [0.4, 0.5) is 4.39 Å². The first-order valence-corrected chi connectivity index (χ1v) is 15.5. The van der Waals surface area contributed by atoms with E-state index >= 15 is 0 Å². The molecule has 9 nitrogen and oxygen atoms in total. The molecule has 43 heavy (non-hydrogen) atoms. The molecule has 2 heterocycles. The van der Waals surface area contributed by atoms with Gasteiger partial charge in [-0.15, -0.1) is 0 Å². The summed E-state index contributed by atoms with van der Waals surface area (Å²) in [6.07, 6.45) is 6.06. The Bertz CT molecular complexity index is 1320. The van der Waals surface area contributed by atoms with Crippen LogP contribution >= 0.6 is 0 Å². The highest BCUT2D eigenvalue weighted by Gasteiger charge is 2.41. The van der Waals surface area contributed by atoms with Crippen molar-refractivity contribution >= 4 is 23.6 Å². The fourth-order valence-electron chi connectivity index (χ4n) is 6.02. The first-order valence-electron chi connectivity index (χ1n) is 15.5. The minimum atomic E-state index is -1.12. The normalized spacial score (nSPS) is 23.6. The molecule has 230 valence electrons. The molecular weight excluding hydrogens is 551 g/mol. The molecule has 0 unspecified atom stereocenters. The summed E-state index contributed by atoms with van der Waals surface area (Å²) in [5, 5.41) is 8.32. The average Bonchev–Trinajstić information content (AvgIpc) is 3.73. The number of rotatable bonds is 6. The van der Waals surface area contributed by atoms with Gasteiger partial charge < -0.3 is 25.6 Å². The lowest BCUT2D eigenvalue weighted by molar-refractivity contribution is -0.137. The molecule has 2 aromatic carbocycles. The molecule has 1 saturated heterocycles. The number of likely N-dealkylation sites (tertiary alicyclic amines) is 1. The Labute approximate surface area is 251 Å². The molecule has 10 heteroatoms. The minimum absolute atomic E-state index is 0.0342. The van der Waals surface area contributed by atoms with E-state index in [2.05, 4.69) is 16.0 Å². The van der Waals surface area contributed by atoms with Gasteiger partial charge >= 0.3 is 0 Å². The SMILES string of the molecule is O=C1CCc2cccc(c2)OCCCC[C@@H](C(=O)NCc2ccccc2F)NC(=O)[C@H](CC(=O)N2CCC[C@@H]2C2CC2)N1. The minimum Gasteiger partial charge on any atom is -0.494 e. The third-order valence-electron chi connectivity index (χ3n) is 8.56. The molecule has 4 amide bonds. The van der Waals surface area contributed by atoms with Crippen LogP contribution in [0, 0.1) is 11.7 Å². The Morgan fingerprint density at radius 3 is 2.60 bits per heavy atom.